The van der Waals surface area contributed by atoms with E-state index in [1.165, 1.54) is 12.1 Å². The number of carbonyl (C=O) groups excluding carboxylic acids is 1. The minimum Gasteiger partial charge on any atom is -0.356 e. The summed E-state index contributed by atoms with van der Waals surface area (Å²) in [5, 5.41) is 21.0. The Balaban J connectivity index is 1.81. The maximum absolute atomic E-state index is 14.3. The minimum atomic E-state index is -1.60. The SMILES string of the molecule is CC1=CN2[C@@H](C(=O)c3ccccc3)[C@@H](c3cccc(F)c3)C(C#N)(C#N)[C@H]2c2ccccc21. The van der Waals surface area contributed by atoms with Gasteiger partial charge in [0.05, 0.1) is 18.2 Å². The van der Waals surface area contributed by atoms with Crippen molar-refractivity contribution < 1.29 is 9.18 Å². The fraction of sp³-hybridized carbons (Fsp3) is 0.179. The van der Waals surface area contributed by atoms with Crippen molar-refractivity contribution in [2.24, 2.45) is 5.41 Å². The van der Waals surface area contributed by atoms with E-state index in [1.807, 2.05) is 48.4 Å². The highest BCUT2D eigenvalue weighted by molar-refractivity contribution is 6.01. The zero-order valence-corrected chi connectivity index (χ0v) is 17.9. The van der Waals surface area contributed by atoms with E-state index in [2.05, 4.69) is 12.1 Å². The lowest BCUT2D eigenvalue weighted by Crippen LogP contribution is -2.38. The number of carbonyl (C=O) groups is 1. The van der Waals surface area contributed by atoms with Crippen molar-refractivity contribution in [3.8, 4) is 12.1 Å². The van der Waals surface area contributed by atoms with Crippen LogP contribution < -0.4 is 0 Å². The number of rotatable bonds is 3. The highest BCUT2D eigenvalue weighted by Gasteiger charge is 2.64. The van der Waals surface area contributed by atoms with E-state index in [-0.39, 0.29) is 5.78 Å². The van der Waals surface area contributed by atoms with Gasteiger partial charge >= 0.3 is 0 Å². The molecular formula is C28H20FN3O. The van der Waals surface area contributed by atoms with Crippen LogP contribution in [0.25, 0.3) is 5.57 Å². The van der Waals surface area contributed by atoms with Crippen molar-refractivity contribution in [2.75, 3.05) is 0 Å². The first-order valence-corrected chi connectivity index (χ1v) is 10.7. The molecule has 0 saturated carbocycles. The van der Waals surface area contributed by atoms with Gasteiger partial charge in [-0.2, -0.15) is 10.5 Å². The number of hydrogen-bond donors (Lipinski definition) is 0. The molecule has 33 heavy (non-hydrogen) atoms. The zero-order valence-electron chi connectivity index (χ0n) is 17.9. The number of benzene rings is 3. The summed E-state index contributed by atoms with van der Waals surface area (Å²) in [6.45, 7) is 1.95. The lowest BCUT2D eigenvalue weighted by Gasteiger charge is -2.36. The Bertz CT molecular complexity index is 1350. The fourth-order valence-electron chi connectivity index (χ4n) is 5.43. The third kappa shape index (κ3) is 2.97. The molecule has 1 fully saturated rings. The fourth-order valence-corrected chi connectivity index (χ4v) is 5.43. The lowest BCUT2D eigenvalue weighted by molar-refractivity contribution is 0.0874. The summed E-state index contributed by atoms with van der Waals surface area (Å²) in [4.78, 5) is 15.8. The van der Waals surface area contributed by atoms with Crippen molar-refractivity contribution in [1.82, 2.24) is 4.90 Å². The second kappa shape index (κ2) is 7.73. The number of ketones is 1. The highest BCUT2D eigenvalue weighted by Crippen LogP contribution is 2.60. The Labute approximate surface area is 191 Å². The molecule has 2 aliphatic rings. The van der Waals surface area contributed by atoms with Gasteiger partial charge in [-0.1, -0.05) is 66.7 Å². The molecule has 3 atom stereocenters. The predicted molar refractivity (Wildman–Crippen MR) is 122 cm³/mol. The van der Waals surface area contributed by atoms with Gasteiger partial charge in [-0.25, -0.2) is 4.39 Å². The van der Waals surface area contributed by atoms with Gasteiger partial charge in [-0.3, -0.25) is 4.79 Å². The van der Waals surface area contributed by atoms with Gasteiger partial charge in [-0.05, 0) is 41.3 Å². The average Bonchev–Trinajstić information content (AvgIpc) is 3.15. The van der Waals surface area contributed by atoms with Gasteiger partial charge < -0.3 is 4.90 Å². The van der Waals surface area contributed by atoms with E-state index < -0.39 is 29.2 Å². The van der Waals surface area contributed by atoms with E-state index in [1.54, 1.807) is 36.4 Å². The van der Waals surface area contributed by atoms with Crippen LogP contribution in [0.4, 0.5) is 4.39 Å². The monoisotopic (exact) mass is 433 g/mol. The third-order valence-corrected chi connectivity index (χ3v) is 6.78. The van der Waals surface area contributed by atoms with Crippen LogP contribution in [0.5, 0.6) is 0 Å². The first-order chi connectivity index (χ1) is 16.0. The number of halogens is 1. The van der Waals surface area contributed by atoms with E-state index >= 15 is 0 Å². The Morgan fingerprint density at radius 3 is 2.36 bits per heavy atom. The molecule has 0 unspecified atom stereocenters. The minimum absolute atomic E-state index is 0.203. The van der Waals surface area contributed by atoms with E-state index in [9.17, 15) is 19.7 Å². The smallest absolute Gasteiger partial charge is 0.185 e. The first-order valence-electron chi connectivity index (χ1n) is 10.7. The predicted octanol–water partition coefficient (Wildman–Crippen LogP) is 5.63. The number of nitriles is 2. The molecule has 3 aromatic rings. The summed E-state index contributed by atoms with van der Waals surface area (Å²) < 4.78 is 14.3. The molecule has 0 radical (unpaired) electrons. The number of allylic oxidation sites excluding steroid dienone is 1. The van der Waals surface area contributed by atoms with Crippen LogP contribution in [0.1, 0.15) is 45.9 Å². The summed E-state index contributed by atoms with van der Waals surface area (Å²) in [7, 11) is 0. The quantitative estimate of drug-likeness (QED) is 0.503. The van der Waals surface area contributed by atoms with Crippen LogP contribution in [-0.4, -0.2) is 16.7 Å². The van der Waals surface area contributed by atoms with E-state index in [0.717, 1.165) is 16.7 Å². The molecule has 3 aromatic carbocycles. The van der Waals surface area contributed by atoms with Crippen molar-refractivity contribution in [1.29, 1.82) is 10.5 Å². The average molecular weight is 433 g/mol. The Morgan fingerprint density at radius 1 is 0.970 bits per heavy atom. The maximum Gasteiger partial charge on any atom is 0.185 e. The zero-order chi connectivity index (χ0) is 23.2. The van der Waals surface area contributed by atoms with Crippen LogP contribution in [0.2, 0.25) is 0 Å². The Morgan fingerprint density at radius 2 is 1.67 bits per heavy atom. The summed E-state index contributed by atoms with van der Waals surface area (Å²) in [6, 6.07) is 25.5. The number of Topliss-reactive ketones (excluding diaryl/α,β-unsaturated/α-hetero) is 1. The molecule has 0 aromatic heterocycles. The molecule has 1 saturated heterocycles. The Hall–Kier alpha value is -4.22. The van der Waals surface area contributed by atoms with Gasteiger partial charge in [0.15, 0.2) is 11.2 Å². The molecule has 5 rings (SSSR count). The van der Waals surface area contributed by atoms with Crippen molar-refractivity contribution in [3.63, 3.8) is 0 Å². The normalized spacial score (nSPS) is 22.4. The van der Waals surface area contributed by atoms with Crippen LogP contribution in [0.15, 0.2) is 85.1 Å². The second-order valence-corrected chi connectivity index (χ2v) is 8.55. The molecule has 160 valence electrons. The standard InChI is InChI=1S/C28H20FN3O/c1-18-15-32-25(26(33)19-8-3-2-4-9-19)24(20-10-7-11-21(29)14-20)28(16-30,17-31)27(32)23-13-6-5-12-22(18)23/h2-15,24-25,27H,1H3/t24-,25-,27-/m1/s1. The third-order valence-electron chi connectivity index (χ3n) is 6.78. The summed E-state index contributed by atoms with van der Waals surface area (Å²) in [5.74, 6) is -1.53. The van der Waals surface area contributed by atoms with Crippen molar-refractivity contribution in [3.05, 3.63) is 113 Å². The topological polar surface area (TPSA) is 67.9 Å². The molecule has 0 aliphatic carbocycles. The number of fused-ring (bicyclic) bond motifs is 3. The molecule has 0 amide bonds. The summed E-state index contributed by atoms with van der Waals surface area (Å²) in [6.07, 6.45) is 1.88. The number of nitrogens with zero attached hydrogens (tertiary/aromatic N) is 3. The van der Waals surface area contributed by atoms with Crippen molar-refractivity contribution in [2.45, 2.75) is 24.9 Å². The van der Waals surface area contributed by atoms with Gasteiger partial charge in [0.25, 0.3) is 0 Å². The largest absolute Gasteiger partial charge is 0.356 e. The second-order valence-electron chi connectivity index (χ2n) is 8.55. The highest BCUT2D eigenvalue weighted by atomic mass is 19.1. The molecule has 0 N–H and O–H groups in total. The summed E-state index contributed by atoms with van der Waals surface area (Å²) in [5.41, 5.74) is 2.06. The van der Waals surface area contributed by atoms with E-state index in [0.29, 0.717) is 11.1 Å². The van der Waals surface area contributed by atoms with Crippen molar-refractivity contribution >= 4 is 11.4 Å². The Kier molecular flexibility index (Phi) is 4.84. The molecule has 0 spiro atoms. The summed E-state index contributed by atoms with van der Waals surface area (Å²) >= 11 is 0. The molecule has 2 aliphatic heterocycles. The molecule has 0 bridgehead atoms. The van der Waals surface area contributed by atoms with Crippen LogP contribution in [0, 0.1) is 33.9 Å². The maximum atomic E-state index is 14.3. The van der Waals surface area contributed by atoms with Gasteiger partial charge in [-0.15, -0.1) is 0 Å². The number of hydrogen-bond acceptors (Lipinski definition) is 4. The van der Waals surface area contributed by atoms with Gasteiger partial charge in [0, 0.05) is 17.7 Å². The first kappa shape index (κ1) is 20.7. The van der Waals surface area contributed by atoms with Gasteiger partial charge in [0.2, 0.25) is 0 Å². The molecule has 5 heteroatoms. The molecular weight excluding hydrogens is 413 g/mol. The van der Waals surface area contributed by atoms with Gasteiger partial charge in [0.1, 0.15) is 11.9 Å². The molecule has 2 heterocycles. The van der Waals surface area contributed by atoms with Crippen LogP contribution >= 0.6 is 0 Å². The van der Waals surface area contributed by atoms with E-state index in [4.69, 9.17) is 0 Å². The van der Waals surface area contributed by atoms with Crippen LogP contribution in [0.3, 0.4) is 0 Å². The van der Waals surface area contributed by atoms with Crippen LogP contribution in [-0.2, 0) is 0 Å². The lowest BCUT2D eigenvalue weighted by atomic mass is 9.67. The molecule has 4 nitrogen and oxygen atoms in total.